The van der Waals surface area contributed by atoms with E-state index in [1.54, 1.807) is 60.3 Å². The van der Waals surface area contributed by atoms with Crippen molar-refractivity contribution in [3.63, 3.8) is 0 Å². The molecule has 0 saturated heterocycles. The summed E-state index contributed by atoms with van der Waals surface area (Å²) in [6, 6.07) is 22.1. The minimum Gasteiger partial charge on any atom is -0.497 e. The van der Waals surface area contributed by atoms with Gasteiger partial charge >= 0.3 is 0 Å². The summed E-state index contributed by atoms with van der Waals surface area (Å²) in [6.07, 6.45) is 0. The molecule has 144 valence electrons. The molecule has 1 amide bonds. The zero-order valence-corrected chi connectivity index (χ0v) is 15.5. The lowest BCUT2D eigenvalue weighted by Gasteiger charge is -2.07. The highest BCUT2D eigenvalue weighted by Crippen LogP contribution is 2.23. The molecule has 4 aromatic rings. The first kappa shape index (κ1) is 18.4. The van der Waals surface area contributed by atoms with Gasteiger partial charge in [0.2, 0.25) is 5.82 Å². The van der Waals surface area contributed by atoms with Gasteiger partial charge in [0.1, 0.15) is 11.6 Å². The maximum absolute atomic E-state index is 13.4. The Bertz CT molecular complexity index is 1120. The molecule has 29 heavy (non-hydrogen) atoms. The lowest BCUT2D eigenvalue weighted by Crippen LogP contribution is -2.14. The van der Waals surface area contributed by atoms with E-state index in [-0.39, 0.29) is 11.6 Å². The Labute approximate surface area is 166 Å². The van der Waals surface area contributed by atoms with Gasteiger partial charge in [-0.3, -0.25) is 4.79 Å². The highest BCUT2D eigenvalue weighted by atomic mass is 19.1. The molecule has 0 aliphatic heterocycles. The molecule has 0 unspecified atom stereocenters. The number of carbonyl (C=O) groups is 1. The van der Waals surface area contributed by atoms with E-state index in [4.69, 9.17) is 4.74 Å². The van der Waals surface area contributed by atoms with Crippen LogP contribution in [-0.4, -0.2) is 27.8 Å². The first-order chi connectivity index (χ1) is 14.1. The normalized spacial score (nSPS) is 10.6. The summed E-state index contributed by atoms with van der Waals surface area (Å²) in [4.78, 5) is 17.1. The fourth-order valence-corrected chi connectivity index (χ4v) is 2.81. The van der Waals surface area contributed by atoms with Gasteiger partial charge in [0, 0.05) is 11.3 Å². The third-order valence-corrected chi connectivity index (χ3v) is 4.26. The van der Waals surface area contributed by atoms with Crippen LogP contribution in [0.1, 0.15) is 10.6 Å². The number of para-hydroxylation sites is 1. The second kappa shape index (κ2) is 7.93. The van der Waals surface area contributed by atoms with E-state index in [2.05, 4.69) is 15.4 Å². The number of halogens is 1. The topological polar surface area (TPSA) is 69.0 Å². The first-order valence-electron chi connectivity index (χ1n) is 8.88. The third kappa shape index (κ3) is 3.98. The molecule has 1 heterocycles. The largest absolute Gasteiger partial charge is 0.497 e. The lowest BCUT2D eigenvalue weighted by molar-refractivity contribution is 0.101. The number of anilines is 1. The van der Waals surface area contributed by atoms with Crippen LogP contribution < -0.4 is 10.1 Å². The Balaban J connectivity index is 1.75. The highest BCUT2D eigenvalue weighted by Gasteiger charge is 2.19. The highest BCUT2D eigenvalue weighted by molar-refractivity contribution is 6.01. The molecule has 3 aromatic carbocycles. The molecule has 0 aliphatic carbocycles. The number of ether oxygens (including phenoxy) is 1. The maximum Gasteiger partial charge on any atom is 0.295 e. The molecule has 0 bridgehead atoms. The van der Waals surface area contributed by atoms with Crippen molar-refractivity contribution >= 4 is 11.6 Å². The number of benzene rings is 3. The summed E-state index contributed by atoms with van der Waals surface area (Å²) >= 11 is 0. The number of aromatic nitrogens is 3. The predicted octanol–water partition coefficient (Wildman–Crippen LogP) is 4.33. The third-order valence-electron chi connectivity index (χ3n) is 4.26. The van der Waals surface area contributed by atoms with Gasteiger partial charge in [-0.15, -0.1) is 5.10 Å². The fraction of sp³-hybridized carbons (Fsp3) is 0.0455. The van der Waals surface area contributed by atoms with Crippen molar-refractivity contribution in [1.29, 1.82) is 0 Å². The van der Waals surface area contributed by atoms with Gasteiger partial charge in [0.25, 0.3) is 5.91 Å². The van der Waals surface area contributed by atoms with Gasteiger partial charge in [0.05, 0.1) is 12.8 Å². The second-order valence-electron chi connectivity index (χ2n) is 6.20. The molecular formula is C22H17FN4O2. The average molecular weight is 388 g/mol. The SMILES string of the molecule is COc1ccc(-n2nc(C(=O)Nc3ccccc3)nc2-c2ccc(F)cc2)cc1. The standard InChI is InChI=1S/C22H17FN4O2/c1-29-19-13-11-18(12-14-19)27-21(15-7-9-16(23)10-8-15)25-20(26-27)22(28)24-17-5-3-2-4-6-17/h2-14H,1H3,(H,24,28). The molecule has 0 fully saturated rings. The van der Waals surface area contributed by atoms with E-state index in [9.17, 15) is 9.18 Å². The van der Waals surface area contributed by atoms with Crippen molar-refractivity contribution in [3.05, 3.63) is 90.5 Å². The molecule has 1 N–H and O–H groups in total. The van der Waals surface area contributed by atoms with Crippen molar-refractivity contribution < 1.29 is 13.9 Å². The van der Waals surface area contributed by atoms with Gasteiger partial charge in [-0.05, 0) is 60.7 Å². The number of rotatable bonds is 5. The Morgan fingerprint density at radius 2 is 1.66 bits per heavy atom. The molecule has 6 nitrogen and oxygen atoms in total. The van der Waals surface area contributed by atoms with E-state index < -0.39 is 5.91 Å². The molecule has 0 radical (unpaired) electrons. The molecule has 0 aliphatic rings. The number of carbonyl (C=O) groups excluding carboxylic acids is 1. The molecule has 0 atom stereocenters. The summed E-state index contributed by atoms with van der Waals surface area (Å²) in [7, 11) is 1.58. The van der Waals surface area contributed by atoms with Crippen LogP contribution in [0.5, 0.6) is 5.75 Å². The van der Waals surface area contributed by atoms with Crippen LogP contribution in [0.15, 0.2) is 78.9 Å². The van der Waals surface area contributed by atoms with Crippen molar-refractivity contribution in [2.75, 3.05) is 12.4 Å². The molecule has 4 rings (SSSR count). The van der Waals surface area contributed by atoms with Crippen molar-refractivity contribution in [2.24, 2.45) is 0 Å². The monoisotopic (exact) mass is 388 g/mol. The number of methoxy groups -OCH3 is 1. The van der Waals surface area contributed by atoms with Gasteiger partial charge in [-0.2, -0.15) is 0 Å². The van der Waals surface area contributed by atoms with Crippen molar-refractivity contribution in [3.8, 4) is 22.8 Å². The van der Waals surface area contributed by atoms with Crippen LogP contribution in [0.4, 0.5) is 10.1 Å². The first-order valence-corrected chi connectivity index (χ1v) is 8.88. The van der Waals surface area contributed by atoms with Gasteiger partial charge in [-0.1, -0.05) is 18.2 Å². The Kier molecular flexibility index (Phi) is 5.03. The minimum absolute atomic E-state index is 0.00370. The van der Waals surface area contributed by atoms with Gasteiger partial charge in [0.15, 0.2) is 5.82 Å². The van der Waals surface area contributed by atoms with E-state index in [1.807, 2.05) is 18.2 Å². The quantitative estimate of drug-likeness (QED) is 0.552. The summed E-state index contributed by atoms with van der Waals surface area (Å²) in [6.45, 7) is 0. The number of hydrogen-bond donors (Lipinski definition) is 1. The molecular weight excluding hydrogens is 371 g/mol. The summed E-state index contributed by atoms with van der Waals surface area (Å²) in [5.41, 5.74) is 1.96. The zero-order chi connectivity index (χ0) is 20.2. The van der Waals surface area contributed by atoms with Gasteiger partial charge < -0.3 is 10.1 Å². The van der Waals surface area contributed by atoms with Crippen molar-refractivity contribution in [1.82, 2.24) is 14.8 Å². The van der Waals surface area contributed by atoms with E-state index in [0.29, 0.717) is 28.5 Å². The van der Waals surface area contributed by atoms with Crippen LogP contribution in [0.2, 0.25) is 0 Å². The fourth-order valence-electron chi connectivity index (χ4n) is 2.81. The molecule has 0 spiro atoms. The second-order valence-corrected chi connectivity index (χ2v) is 6.20. The van der Waals surface area contributed by atoms with Gasteiger partial charge in [-0.25, -0.2) is 14.1 Å². The van der Waals surface area contributed by atoms with Crippen LogP contribution in [0, 0.1) is 5.82 Å². The molecule has 1 aromatic heterocycles. The smallest absolute Gasteiger partial charge is 0.295 e. The lowest BCUT2D eigenvalue weighted by atomic mass is 10.2. The Hall–Kier alpha value is -4.00. The minimum atomic E-state index is -0.438. The van der Waals surface area contributed by atoms with E-state index in [1.165, 1.54) is 12.1 Å². The number of nitrogens with one attached hydrogen (secondary N) is 1. The molecule has 0 saturated carbocycles. The number of nitrogens with zero attached hydrogens (tertiary/aromatic N) is 3. The maximum atomic E-state index is 13.4. The molecule has 7 heteroatoms. The summed E-state index contributed by atoms with van der Waals surface area (Å²) in [5, 5.41) is 7.16. The predicted molar refractivity (Wildman–Crippen MR) is 108 cm³/mol. The number of amides is 1. The van der Waals surface area contributed by atoms with Crippen LogP contribution in [0.3, 0.4) is 0 Å². The van der Waals surface area contributed by atoms with E-state index in [0.717, 1.165) is 0 Å². The van der Waals surface area contributed by atoms with E-state index >= 15 is 0 Å². The van der Waals surface area contributed by atoms with Crippen molar-refractivity contribution in [2.45, 2.75) is 0 Å². The van der Waals surface area contributed by atoms with Crippen LogP contribution >= 0.6 is 0 Å². The zero-order valence-electron chi connectivity index (χ0n) is 15.5. The van der Waals surface area contributed by atoms with Crippen LogP contribution in [0.25, 0.3) is 17.1 Å². The average Bonchev–Trinajstić information content (AvgIpc) is 3.21. The van der Waals surface area contributed by atoms with Crippen LogP contribution in [-0.2, 0) is 0 Å². The number of hydrogen-bond acceptors (Lipinski definition) is 4. The Morgan fingerprint density at radius 1 is 0.966 bits per heavy atom. The Morgan fingerprint density at radius 3 is 2.31 bits per heavy atom. The summed E-state index contributed by atoms with van der Waals surface area (Å²) in [5.74, 6) is 0.328. The summed E-state index contributed by atoms with van der Waals surface area (Å²) < 4.78 is 20.1.